The fourth-order valence-electron chi connectivity index (χ4n) is 2.68. The van der Waals surface area contributed by atoms with Crippen molar-refractivity contribution in [2.45, 2.75) is 52.1 Å². The van der Waals surface area contributed by atoms with Crippen molar-refractivity contribution >= 4 is 29.9 Å². The average molecular weight is 431 g/mol. The summed E-state index contributed by atoms with van der Waals surface area (Å²) in [6.45, 7) is 5.79. The van der Waals surface area contributed by atoms with Gasteiger partial charge >= 0.3 is 0 Å². The first-order valence-electron chi connectivity index (χ1n) is 8.37. The van der Waals surface area contributed by atoms with Crippen LogP contribution in [-0.2, 0) is 6.54 Å². The van der Waals surface area contributed by atoms with Gasteiger partial charge in [0.2, 0.25) is 0 Å². The van der Waals surface area contributed by atoms with Crippen molar-refractivity contribution in [1.82, 2.24) is 10.6 Å². The second-order valence-electron chi connectivity index (χ2n) is 6.36. The Hall–Kier alpha value is -0.980. The number of halogens is 1. The van der Waals surface area contributed by atoms with Gasteiger partial charge in [-0.25, -0.2) is 0 Å². The van der Waals surface area contributed by atoms with Crippen molar-refractivity contribution in [2.24, 2.45) is 10.9 Å². The van der Waals surface area contributed by atoms with Gasteiger partial charge in [-0.05, 0) is 24.8 Å². The molecule has 0 aromatic heterocycles. The van der Waals surface area contributed by atoms with E-state index in [-0.39, 0.29) is 24.0 Å². The molecule has 0 heterocycles. The number of hydrogen-bond donors (Lipinski definition) is 2. The van der Waals surface area contributed by atoms with E-state index in [2.05, 4.69) is 35.5 Å². The van der Waals surface area contributed by atoms with Crippen LogP contribution < -0.4 is 15.4 Å². The summed E-state index contributed by atoms with van der Waals surface area (Å²) in [6.07, 6.45) is 5.13. The van der Waals surface area contributed by atoms with Crippen molar-refractivity contribution in [3.05, 3.63) is 29.8 Å². The molecular formula is C18H30IN3O. The summed E-state index contributed by atoms with van der Waals surface area (Å²) in [7, 11) is 1.82. The third kappa shape index (κ3) is 6.97. The van der Waals surface area contributed by atoms with Gasteiger partial charge in [-0.15, -0.1) is 24.0 Å². The zero-order valence-corrected chi connectivity index (χ0v) is 16.8. The van der Waals surface area contributed by atoms with E-state index < -0.39 is 0 Å². The van der Waals surface area contributed by atoms with Crippen LogP contribution in [0, 0.1) is 5.92 Å². The van der Waals surface area contributed by atoms with Crippen molar-refractivity contribution in [2.75, 3.05) is 13.7 Å². The number of nitrogens with one attached hydrogen (secondary N) is 2. The predicted octanol–water partition coefficient (Wildman–Crippen LogP) is 3.95. The molecule has 0 atom stereocenters. The van der Waals surface area contributed by atoms with Crippen LogP contribution in [0.3, 0.4) is 0 Å². The smallest absolute Gasteiger partial charge is 0.191 e. The first kappa shape index (κ1) is 20.1. The van der Waals surface area contributed by atoms with Crippen LogP contribution in [0.4, 0.5) is 0 Å². The summed E-state index contributed by atoms with van der Waals surface area (Å²) in [5, 5.41) is 6.90. The molecule has 0 unspecified atom stereocenters. The molecule has 1 saturated carbocycles. The number of ether oxygens (including phenoxy) is 1. The third-order valence-corrected chi connectivity index (χ3v) is 3.91. The molecule has 2 N–H and O–H groups in total. The topological polar surface area (TPSA) is 45.7 Å². The van der Waals surface area contributed by atoms with Gasteiger partial charge in [-0.2, -0.15) is 0 Å². The fraction of sp³-hybridized carbons (Fsp3) is 0.611. The van der Waals surface area contributed by atoms with Crippen molar-refractivity contribution in [3.8, 4) is 5.75 Å². The Bertz CT molecular complexity index is 485. The highest BCUT2D eigenvalue weighted by atomic mass is 127. The molecule has 1 aliphatic carbocycles. The fourth-order valence-corrected chi connectivity index (χ4v) is 2.68. The minimum absolute atomic E-state index is 0. The molecule has 0 radical (unpaired) electrons. The lowest BCUT2D eigenvalue weighted by molar-refractivity contribution is 0.268. The van der Waals surface area contributed by atoms with Gasteiger partial charge in [0.05, 0.1) is 6.61 Å². The number of para-hydroxylation sites is 1. The molecule has 1 fully saturated rings. The average Bonchev–Trinajstić information content (AvgIpc) is 3.03. The molecule has 23 heavy (non-hydrogen) atoms. The van der Waals surface area contributed by atoms with E-state index >= 15 is 0 Å². The number of guanidine groups is 1. The van der Waals surface area contributed by atoms with Crippen LogP contribution in [0.15, 0.2) is 29.3 Å². The molecule has 0 bridgehead atoms. The maximum absolute atomic E-state index is 5.90. The van der Waals surface area contributed by atoms with Gasteiger partial charge in [0, 0.05) is 25.2 Å². The van der Waals surface area contributed by atoms with Gasteiger partial charge in [0.25, 0.3) is 0 Å². The van der Waals surface area contributed by atoms with Gasteiger partial charge in [-0.3, -0.25) is 4.99 Å². The third-order valence-electron chi connectivity index (χ3n) is 3.91. The summed E-state index contributed by atoms with van der Waals surface area (Å²) in [5.74, 6) is 2.36. The molecule has 5 heteroatoms. The van der Waals surface area contributed by atoms with Crippen LogP contribution in [0.2, 0.25) is 0 Å². The molecule has 1 aromatic carbocycles. The Kier molecular flexibility index (Phi) is 9.36. The molecule has 0 amide bonds. The lowest BCUT2D eigenvalue weighted by atomic mass is 10.2. The standard InChI is InChI=1S/C18H29N3O.HI/c1-14(2)13-22-17-11-7-4-8-15(17)12-20-18(19-3)21-16-9-5-6-10-16;/h4,7-8,11,14,16H,5-6,9-10,12-13H2,1-3H3,(H2,19,20,21);1H. The molecule has 4 nitrogen and oxygen atoms in total. The van der Waals surface area contributed by atoms with Crippen LogP contribution >= 0.6 is 24.0 Å². The Morgan fingerprint density at radius 2 is 1.96 bits per heavy atom. The molecule has 130 valence electrons. The first-order valence-corrected chi connectivity index (χ1v) is 8.37. The molecule has 1 aliphatic rings. The molecule has 0 spiro atoms. The van der Waals surface area contributed by atoms with Crippen LogP contribution in [0.1, 0.15) is 45.1 Å². The summed E-state index contributed by atoms with van der Waals surface area (Å²) < 4.78 is 5.90. The minimum atomic E-state index is 0. The van der Waals surface area contributed by atoms with Crippen LogP contribution in [-0.4, -0.2) is 25.7 Å². The number of aliphatic imine (C=N–C) groups is 1. The lowest BCUT2D eigenvalue weighted by Crippen LogP contribution is -2.42. The van der Waals surface area contributed by atoms with Gasteiger partial charge in [0.15, 0.2) is 5.96 Å². The highest BCUT2D eigenvalue weighted by molar-refractivity contribution is 14.0. The summed E-state index contributed by atoms with van der Waals surface area (Å²) in [6, 6.07) is 8.77. The van der Waals surface area contributed by atoms with Crippen molar-refractivity contribution in [1.29, 1.82) is 0 Å². The summed E-state index contributed by atoms with van der Waals surface area (Å²) >= 11 is 0. The van der Waals surface area contributed by atoms with E-state index in [9.17, 15) is 0 Å². The first-order chi connectivity index (χ1) is 10.7. The van der Waals surface area contributed by atoms with E-state index in [0.29, 0.717) is 12.0 Å². The van der Waals surface area contributed by atoms with E-state index in [1.54, 1.807) is 0 Å². The van der Waals surface area contributed by atoms with E-state index in [0.717, 1.165) is 30.4 Å². The molecule has 1 aromatic rings. The SMILES string of the molecule is CN=C(NCc1ccccc1OCC(C)C)NC1CCCC1.I. The Morgan fingerprint density at radius 3 is 2.61 bits per heavy atom. The summed E-state index contributed by atoms with van der Waals surface area (Å²) in [4.78, 5) is 4.32. The second-order valence-corrected chi connectivity index (χ2v) is 6.36. The minimum Gasteiger partial charge on any atom is -0.493 e. The van der Waals surface area contributed by atoms with Crippen molar-refractivity contribution in [3.63, 3.8) is 0 Å². The van der Waals surface area contributed by atoms with Crippen LogP contribution in [0.25, 0.3) is 0 Å². The van der Waals surface area contributed by atoms with Gasteiger partial charge in [-0.1, -0.05) is 44.9 Å². The van der Waals surface area contributed by atoms with Crippen LogP contribution in [0.5, 0.6) is 5.75 Å². The largest absolute Gasteiger partial charge is 0.493 e. The number of hydrogen-bond acceptors (Lipinski definition) is 2. The second kappa shape index (κ2) is 10.7. The van der Waals surface area contributed by atoms with Gasteiger partial charge < -0.3 is 15.4 Å². The zero-order chi connectivity index (χ0) is 15.8. The molecule has 0 saturated heterocycles. The van der Waals surface area contributed by atoms with Crippen molar-refractivity contribution < 1.29 is 4.74 Å². The zero-order valence-electron chi connectivity index (χ0n) is 14.5. The number of benzene rings is 1. The molecule has 2 rings (SSSR count). The quantitative estimate of drug-likeness (QED) is 0.408. The molecular weight excluding hydrogens is 401 g/mol. The van der Waals surface area contributed by atoms with E-state index in [1.165, 1.54) is 25.7 Å². The maximum Gasteiger partial charge on any atom is 0.191 e. The van der Waals surface area contributed by atoms with E-state index in [4.69, 9.17) is 4.74 Å². The Morgan fingerprint density at radius 1 is 1.26 bits per heavy atom. The van der Waals surface area contributed by atoms with E-state index in [1.807, 2.05) is 25.2 Å². The monoisotopic (exact) mass is 431 g/mol. The highest BCUT2D eigenvalue weighted by Gasteiger charge is 2.16. The molecule has 0 aliphatic heterocycles. The maximum atomic E-state index is 5.90. The predicted molar refractivity (Wildman–Crippen MR) is 108 cm³/mol. The highest BCUT2D eigenvalue weighted by Crippen LogP contribution is 2.19. The Labute approximate surface area is 157 Å². The lowest BCUT2D eigenvalue weighted by Gasteiger charge is -2.18. The normalized spacial score (nSPS) is 15.4. The Balaban J connectivity index is 0.00000264. The van der Waals surface area contributed by atoms with Gasteiger partial charge in [0.1, 0.15) is 5.75 Å². The number of rotatable bonds is 6. The summed E-state index contributed by atoms with van der Waals surface area (Å²) in [5.41, 5.74) is 1.16. The number of nitrogens with zero attached hydrogens (tertiary/aromatic N) is 1.